The van der Waals surface area contributed by atoms with Crippen LogP contribution in [0.25, 0.3) is 0 Å². The smallest absolute Gasteiger partial charge is 0.326 e. The van der Waals surface area contributed by atoms with E-state index in [1.54, 1.807) is 0 Å². The van der Waals surface area contributed by atoms with Gasteiger partial charge in [-0.05, 0) is 19.8 Å². The number of carbonyl (C=O) groups excluding carboxylic acids is 4. The molecule has 16 heteroatoms. The number of aliphatic imine (C=N–C) groups is 1. The molecule has 0 aromatic carbocycles. The lowest BCUT2D eigenvalue weighted by molar-refractivity contribution is -0.143. The number of H-pyrrole nitrogens is 1. The standard InChI is InChI=1S/C19H32N10O6/c1-9(20)15(31)27-11(3-2-4-25-19(22)23)16(32)28-12(5-10-7-24-8-26-10)17(33)29-13(18(34)35)6-14(21)30/h7-9,11-13H,2-6,20H2,1H3,(H2,21,30)(H,24,26)(H,27,31)(H,28,32)(H,29,33)(H,34,35)(H4,22,23,25). The van der Waals surface area contributed by atoms with Gasteiger partial charge in [-0.3, -0.25) is 24.2 Å². The van der Waals surface area contributed by atoms with Crippen molar-refractivity contribution in [1.82, 2.24) is 25.9 Å². The zero-order valence-electron chi connectivity index (χ0n) is 19.2. The Morgan fingerprint density at radius 1 is 1.03 bits per heavy atom. The summed E-state index contributed by atoms with van der Waals surface area (Å²) < 4.78 is 0. The van der Waals surface area contributed by atoms with Crippen LogP contribution in [0.4, 0.5) is 0 Å². The second kappa shape index (κ2) is 14.1. The summed E-state index contributed by atoms with van der Waals surface area (Å²) in [4.78, 5) is 71.0. The molecule has 0 radical (unpaired) electrons. The minimum atomic E-state index is -1.60. The van der Waals surface area contributed by atoms with E-state index in [2.05, 4.69) is 30.9 Å². The van der Waals surface area contributed by atoms with Crippen LogP contribution in [0.3, 0.4) is 0 Å². The van der Waals surface area contributed by atoms with Crippen LogP contribution in [0, 0.1) is 0 Å². The lowest BCUT2D eigenvalue weighted by Gasteiger charge is -2.24. The highest BCUT2D eigenvalue weighted by Gasteiger charge is 2.30. The SMILES string of the molecule is CC(N)C(=O)NC(CCCN=C(N)N)C(=O)NC(Cc1cnc[nH]1)C(=O)NC(CC(N)=O)C(=O)O. The molecule has 13 N–H and O–H groups in total. The highest BCUT2D eigenvalue weighted by Crippen LogP contribution is 2.05. The molecule has 4 amide bonds. The van der Waals surface area contributed by atoms with Gasteiger partial charge in [0.2, 0.25) is 23.6 Å². The molecular formula is C19H32N10O6. The van der Waals surface area contributed by atoms with Gasteiger partial charge >= 0.3 is 5.97 Å². The van der Waals surface area contributed by atoms with E-state index in [-0.39, 0.29) is 25.3 Å². The number of nitrogens with one attached hydrogen (secondary N) is 4. The second-order valence-electron chi connectivity index (χ2n) is 7.71. The number of carbonyl (C=O) groups is 5. The third kappa shape index (κ3) is 11.0. The minimum absolute atomic E-state index is 0.0948. The Morgan fingerprint density at radius 3 is 2.14 bits per heavy atom. The number of carboxylic acids is 1. The zero-order chi connectivity index (χ0) is 26.5. The van der Waals surface area contributed by atoms with Gasteiger partial charge in [-0.15, -0.1) is 0 Å². The van der Waals surface area contributed by atoms with E-state index in [0.717, 1.165) is 0 Å². The van der Waals surface area contributed by atoms with Crippen LogP contribution in [0.1, 0.15) is 31.9 Å². The van der Waals surface area contributed by atoms with Crippen molar-refractivity contribution in [2.24, 2.45) is 27.9 Å². The summed E-state index contributed by atoms with van der Waals surface area (Å²) in [5, 5.41) is 16.5. The Hall–Kier alpha value is -4.21. The van der Waals surface area contributed by atoms with Crippen molar-refractivity contribution in [2.45, 2.75) is 56.8 Å². The van der Waals surface area contributed by atoms with E-state index in [1.165, 1.54) is 19.4 Å². The van der Waals surface area contributed by atoms with Gasteiger partial charge < -0.3 is 49.0 Å². The molecule has 0 aliphatic rings. The van der Waals surface area contributed by atoms with E-state index in [1.807, 2.05) is 0 Å². The van der Waals surface area contributed by atoms with E-state index in [0.29, 0.717) is 12.1 Å². The molecule has 0 aliphatic heterocycles. The number of imidazole rings is 1. The van der Waals surface area contributed by atoms with Gasteiger partial charge in [0.25, 0.3) is 0 Å². The number of hydrogen-bond donors (Lipinski definition) is 9. The molecule has 1 heterocycles. The average Bonchev–Trinajstić information content (AvgIpc) is 3.27. The lowest BCUT2D eigenvalue weighted by Crippen LogP contribution is -2.57. The summed E-state index contributed by atoms with van der Waals surface area (Å²) in [7, 11) is 0. The first-order chi connectivity index (χ1) is 16.4. The minimum Gasteiger partial charge on any atom is -0.480 e. The molecule has 0 fully saturated rings. The number of nitrogens with two attached hydrogens (primary N) is 4. The number of guanidine groups is 1. The van der Waals surface area contributed by atoms with E-state index < -0.39 is 60.2 Å². The van der Waals surface area contributed by atoms with Crippen molar-refractivity contribution in [3.8, 4) is 0 Å². The first kappa shape index (κ1) is 28.8. The van der Waals surface area contributed by atoms with E-state index >= 15 is 0 Å². The summed E-state index contributed by atoms with van der Waals surface area (Å²) >= 11 is 0. The molecule has 0 saturated heterocycles. The third-order valence-electron chi connectivity index (χ3n) is 4.62. The molecule has 35 heavy (non-hydrogen) atoms. The van der Waals surface area contributed by atoms with Crippen LogP contribution in [-0.4, -0.2) is 81.3 Å². The normalized spacial score (nSPS) is 14.0. The molecule has 0 aliphatic carbocycles. The Morgan fingerprint density at radius 2 is 1.63 bits per heavy atom. The molecule has 16 nitrogen and oxygen atoms in total. The Balaban J connectivity index is 3.06. The van der Waals surface area contributed by atoms with Gasteiger partial charge in [0.15, 0.2) is 5.96 Å². The van der Waals surface area contributed by atoms with Crippen molar-refractivity contribution >= 4 is 35.6 Å². The Kier molecular flexibility index (Phi) is 11.6. The predicted molar refractivity (Wildman–Crippen MR) is 123 cm³/mol. The number of carboxylic acid groups (broad SMARTS) is 1. The number of rotatable bonds is 15. The van der Waals surface area contributed by atoms with Gasteiger partial charge in [-0.25, -0.2) is 9.78 Å². The van der Waals surface area contributed by atoms with Gasteiger partial charge in [0.1, 0.15) is 18.1 Å². The fourth-order valence-electron chi connectivity index (χ4n) is 2.85. The van der Waals surface area contributed by atoms with Crippen LogP contribution in [0.2, 0.25) is 0 Å². The quantitative estimate of drug-likeness (QED) is 0.0640. The average molecular weight is 497 g/mol. The molecular weight excluding hydrogens is 464 g/mol. The summed E-state index contributed by atoms with van der Waals surface area (Å²) in [6.45, 7) is 1.62. The fraction of sp³-hybridized carbons (Fsp3) is 0.526. The number of aliphatic carboxylic acids is 1. The van der Waals surface area contributed by atoms with Gasteiger partial charge in [-0.1, -0.05) is 0 Å². The van der Waals surface area contributed by atoms with Crippen molar-refractivity contribution in [3.63, 3.8) is 0 Å². The van der Waals surface area contributed by atoms with Crippen LogP contribution < -0.4 is 38.9 Å². The van der Waals surface area contributed by atoms with Crippen LogP contribution >= 0.6 is 0 Å². The molecule has 1 rings (SSSR count). The Bertz CT molecular complexity index is 913. The van der Waals surface area contributed by atoms with Gasteiger partial charge in [-0.2, -0.15) is 0 Å². The zero-order valence-corrected chi connectivity index (χ0v) is 19.2. The first-order valence-corrected chi connectivity index (χ1v) is 10.6. The highest BCUT2D eigenvalue weighted by molar-refractivity contribution is 5.95. The number of aromatic amines is 1. The van der Waals surface area contributed by atoms with Crippen molar-refractivity contribution in [1.29, 1.82) is 0 Å². The summed E-state index contributed by atoms with van der Waals surface area (Å²) in [6.07, 6.45) is 2.45. The molecule has 0 spiro atoms. The fourth-order valence-corrected chi connectivity index (χ4v) is 2.85. The molecule has 4 atom stereocenters. The maximum Gasteiger partial charge on any atom is 0.326 e. The third-order valence-corrected chi connectivity index (χ3v) is 4.62. The second-order valence-corrected chi connectivity index (χ2v) is 7.71. The lowest BCUT2D eigenvalue weighted by atomic mass is 10.1. The number of amides is 4. The van der Waals surface area contributed by atoms with Crippen molar-refractivity contribution < 1.29 is 29.1 Å². The van der Waals surface area contributed by atoms with Gasteiger partial charge in [0, 0.05) is 24.9 Å². The molecule has 0 saturated carbocycles. The monoisotopic (exact) mass is 496 g/mol. The summed E-state index contributed by atoms with van der Waals surface area (Å²) in [5.41, 5.74) is 21.6. The maximum absolute atomic E-state index is 13.0. The number of primary amides is 1. The molecule has 4 unspecified atom stereocenters. The largest absolute Gasteiger partial charge is 0.480 e. The van der Waals surface area contributed by atoms with Crippen molar-refractivity contribution in [3.05, 3.63) is 18.2 Å². The number of aromatic nitrogens is 2. The number of hydrogen-bond acceptors (Lipinski definition) is 8. The topological polar surface area (TPSA) is 287 Å². The predicted octanol–water partition coefficient (Wildman–Crippen LogP) is -4.23. The summed E-state index contributed by atoms with van der Waals surface area (Å²) in [6, 6.07) is -4.89. The number of nitrogens with zero attached hydrogens (tertiary/aromatic N) is 2. The Labute approximate surface area is 200 Å². The molecule has 1 aromatic heterocycles. The van der Waals surface area contributed by atoms with E-state index in [4.69, 9.17) is 22.9 Å². The molecule has 1 aromatic rings. The van der Waals surface area contributed by atoms with Crippen LogP contribution in [0.15, 0.2) is 17.5 Å². The van der Waals surface area contributed by atoms with E-state index in [9.17, 15) is 29.1 Å². The molecule has 0 bridgehead atoms. The summed E-state index contributed by atoms with van der Waals surface area (Å²) in [5.74, 6) is -4.78. The first-order valence-electron chi connectivity index (χ1n) is 10.6. The van der Waals surface area contributed by atoms with Crippen LogP contribution in [-0.2, 0) is 30.4 Å². The molecule has 194 valence electrons. The highest BCUT2D eigenvalue weighted by atomic mass is 16.4. The maximum atomic E-state index is 13.0. The van der Waals surface area contributed by atoms with Crippen molar-refractivity contribution in [2.75, 3.05) is 6.54 Å². The van der Waals surface area contributed by atoms with Crippen LogP contribution in [0.5, 0.6) is 0 Å². The van der Waals surface area contributed by atoms with Gasteiger partial charge in [0.05, 0.1) is 18.8 Å².